The van der Waals surface area contributed by atoms with Crippen LogP contribution in [-0.4, -0.2) is 70.0 Å². The van der Waals surface area contributed by atoms with Gasteiger partial charge in [-0.25, -0.2) is 13.1 Å². The third kappa shape index (κ3) is 6.43. The van der Waals surface area contributed by atoms with Gasteiger partial charge in [-0.1, -0.05) is 41.9 Å². The number of piperazine rings is 1. The van der Waals surface area contributed by atoms with Crippen molar-refractivity contribution >= 4 is 27.5 Å². The molecule has 0 aliphatic carbocycles. The summed E-state index contributed by atoms with van der Waals surface area (Å²) in [5.74, 6) is 0.628. The van der Waals surface area contributed by atoms with E-state index in [1.54, 1.807) is 29.2 Å². The van der Waals surface area contributed by atoms with Gasteiger partial charge in [0.2, 0.25) is 15.9 Å². The lowest BCUT2D eigenvalue weighted by Crippen LogP contribution is -2.50. The van der Waals surface area contributed by atoms with Crippen LogP contribution in [0.1, 0.15) is 6.42 Å². The molecule has 0 bridgehead atoms. The minimum absolute atomic E-state index is 0.0438. The van der Waals surface area contributed by atoms with E-state index in [0.29, 0.717) is 30.5 Å². The van der Waals surface area contributed by atoms with Crippen LogP contribution in [0.25, 0.3) is 0 Å². The Hall–Kier alpha value is -2.13. The van der Waals surface area contributed by atoms with Crippen LogP contribution in [-0.2, 0) is 14.8 Å². The number of amides is 1. The van der Waals surface area contributed by atoms with Crippen LogP contribution in [0.4, 0.5) is 0 Å². The minimum Gasteiger partial charge on any atom is -0.491 e. The number of carbonyl (C=O) groups excluding carboxylic acids is 1. The Balaban J connectivity index is 1.34. The first-order chi connectivity index (χ1) is 14.5. The first-order valence-electron chi connectivity index (χ1n) is 9.88. The fraction of sp³-hybridized carbons (Fsp3) is 0.381. The average molecular weight is 452 g/mol. The molecule has 2 aromatic carbocycles. The zero-order valence-electron chi connectivity index (χ0n) is 16.7. The minimum atomic E-state index is -3.58. The van der Waals surface area contributed by atoms with Gasteiger partial charge in [-0.15, -0.1) is 0 Å². The number of hydrogen-bond donors (Lipinski definition) is 1. The number of ether oxygens (including phenoxy) is 1. The first-order valence-corrected chi connectivity index (χ1v) is 11.7. The molecule has 3 rings (SSSR count). The summed E-state index contributed by atoms with van der Waals surface area (Å²) >= 11 is 6.08. The number of nitrogens with one attached hydrogen (secondary N) is 1. The fourth-order valence-corrected chi connectivity index (χ4v) is 4.44. The SMILES string of the molecule is O=C(CCNS(=O)(=O)c1ccccc1)N1CCN(CCOc2ccccc2Cl)CC1. The summed E-state index contributed by atoms with van der Waals surface area (Å²) in [5.41, 5.74) is 0. The molecule has 1 aliphatic rings. The predicted octanol–water partition coefficient (Wildman–Crippen LogP) is 2.23. The Labute approximate surface area is 182 Å². The maximum atomic E-state index is 12.4. The summed E-state index contributed by atoms with van der Waals surface area (Å²) in [6.45, 7) is 4.12. The maximum absolute atomic E-state index is 12.4. The number of sulfonamides is 1. The second-order valence-corrected chi connectivity index (χ2v) is 9.14. The highest BCUT2D eigenvalue weighted by atomic mass is 35.5. The van der Waals surface area contributed by atoms with Crippen molar-refractivity contribution in [2.24, 2.45) is 0 Å². The molecule has 0 radical (unpaired) electrons. The standard InChI is InChI=1S/C21H26ClN3O4S/c22-19-8-4-5-9-20(19)29-17-16-24-12-14-25(15-13-24)21(26)10-11-23-30(27,28)18-6-2-1-3-7-18/h1-9,23H,10-17H2. The van der Waals surface area contributed by atoms with Crippen molar-refractivity contribution in [3.05, 3.63) is 59.6 Å². The third-order valence-electron chi connectivity index (χ3n) is 4.91. The second kappa shape index (κ2) is 10.8. The molecule has 1 aliphatic heterocycles. The Morgan fingerprint density at radius 3 is 2.37 bits per heavy atom. The van der Waals surface area contributed by atoms with Gasteiger partial charge in [-0.3, -0.25) is 9.69 Å². The lowest BCUT2D eigenvalue weighted by atomic mass is 10.2. The lowest BCUT2D eigenvalue weighted by molar-refractivity contribution is -0.132. The van der Waals surface area contributed by atoms with Crippen LogP contribution in [0.2, 0.25) is 5.02 Å². The van der Waals surface area contributed by atoms with Gasteiger partial charge in [0.25, 0.3) is 0 Å². The number of rotatable bonds is 9. The number of nitrogens with zero attached hydrogens (tertiary/aromatic N) is 2. The summed E-state index contributed by atoms with van der Waals surface area (Å²) in [6.07, 6.45) is 0.141. The van der Waals surface area contributed by atoms with Crippen molar-refractivity contribution in [2.75, 3.05) is 45.9 Å². The highest BCUT2D eigenvalue weighted by molar-refractivity contribution is 7.89. The van der Waals surface area contributed by atoms with E-state index in [1.807, 2.05) is 18.2 Å². The Bertz CT molecular complexity index is 932. The topological polar surface area (TPSA) is 79.0 Å². The molecule has 0 spiro atoms. The van der Waals surface area contributed by atoms with Gasteiger partial charge in [0.05, 0.1) is 9.92 Å². The predicted molar refractivity (Wildman–Crippen MR) is 116 cm³/mol. The molecule has 30 heavy (non-hydrogen) atoms. The van der Waals surface area contributed by atoms with Gasteiger partial charge in [0, 0.05) is 45.7 Å². The summed E-state index contributed by atoms with van der Waals surface area (Å²) in [7, 11) is -3.58. The molecule has 162 valence electrons. The molecule has 0 unspecified atom stereocenters. The summed E-state index contributed by atoms with van der Waals surface area (Å²) in [4.78, 5) is 16.6. The average Bonchev–Trinajstić information content (AvgIpc) is 2.76. The van der Waals surface area contributed by atoms with Crippen LogP contribution in [0.3, 0.4) is 0 Å². The van der Waals surface area contributed by atoms with Gasteiger partial charge < -0.3 is 9.64 Å². The van der Waals surface area contributed by atoms with Crippen LogP contribution >= 0.6 is 11.6 Å². The normalized spacial score (nSPS) is 15.2. The van der Waals surface area contributed by atoms with Crippen LogP contribution in [0.15, 0.2) is 59.5 Å². The van der Waals surface area contributed by atoms with Crippen LogP contribution < -0.4 is 9.46 Å². The number of para-hydroxylation sites is 1. The summed E-state index contributed by atoms with van der Waals surface area (Å²) in [6, 6.07) is 15.5. The molecular weight excluding hydrogens is 426 g/mol. The molecule has 9 heteroatoms. The highest BCUT2D eigenvalue weighted by Crippen LogP contribution is 2.22. The molecule has 1 fully saturated rings. The molecule has 1 saturated heterocycles. The monoisotopic (exact) mass is 451 g/mol. The Kier molecular flexibility index (Phi) is 8.09. The van der Waals surface area contributed by atoms with E-state index >= 15 is 0 Å². The quantitative estimate of drug-likeness (QED) is 0.632. The zero-order valence-corrected chi connectivity index (χ0v) is 18.2. The molecule has 2 aromatic rings. The van der Waals surface area contributed by atoms with Crippen molar-refractivity contribution in [1.29, 1.82) is 0 Å². The molecule has 7 nitrogen and oxygen atoms in total. The van der Waals surface area contributed by atoms with Gasteiger partial charge in [-0.05, 0) is 24.3 Å². The maximum Gasteiger partial charge on any atom is 0.240 e. The Morgan fingerprint density at radius 1 is 1.00 bits per heavy atom. The van der Waals surface area contributed by atoms with E-state index in [9.17, 15) is 13.2 Å². The van der Waals surface area contributed by atoms with Gasteiger partial charge in [-0.2, -0.15) is 0 Å². The molecule has 1 heterocycles. The van der Waals surface area contributed by atoms with Crippen molar-refractivity contribution in [3.8, 4) is 5.75 Å². The zero-order chi connectivity index (χ0) is 21.4. The number of benzene rings is 2. The van der Waals surface area contributed by atoms with Crippen LogP contribution in [0.5, 0.6) is 5.75 Å². The van der Waals surface area contributed by atoms with E-state index in [1.165, 1.54) is 12.1 Å². The molecule has 0 saturated carbocycles. The molecule has 0 atom stereocenters. The first kappa shape index (κ1) is 22.6. The lowest BCUT2D eigenvalue weighted by Gasteiger charge is -2.34. The number of hydrogen-bond acceptors (Lipinski definition) is 5. The largest absolute Gasteiger partial charge is 0.491 e. The van der Waals surface area contributed by atoms with Gasteiger partial charge in [0.15, 0.2) is 0 Å². The second-order valence-electron chi connectivity index (χ2n) is 6.96. The van der Waals surface area contributed by atoms with Crippen molar-refractivity contribution in [1.82, 2.24) is 14.5 Å². The molecule has 1 N–H and O–H groups in total. The van der Waals surface area contributed by atoms with E-state index in [-0.39, 0.29) is 23.8 Å². The fourth-order valence-electron chi connectivity index (χ4n) is 3.20. The van der Waals surface area contributed by atoms with Gasteiger partial charge in [0.1, 0.15) is 12.4 Å². The van der Waals surface area contributed by atoms with E-state index < -0.39 is 10.0 Å². The van der Waals surface area contributed by atoms with E-state index in [0.717, 1.165) is 19.6 Å². The van der Waals surface area contributed by atoms with Crippen molar-refractivity contribution in [2.45, 2.75) is 11.3 Å². The van der Waals surface area contributed by atoms with Crippen molar-refractivity contribution in [3.63, 3.8) is 0 Å². The molecule has 1 amide bonds. The number of carbonyl (C=O) groups is 1. The smallest absolute Gasteiger partial charge is 0.240 e. The third-order valence-corrected chi connectivity index (χ3v) is 6.70. The van der Waals surface area contributed by atoms with E-state index in [2.05, 4.69) is 9.62 Å². The Morgan fingerprint density at radius 2 is 1.67 bits per heavy atom. The number of halogens is 1. The van der Waals surface area contributed by atoms with Gasteiger partial charge >= 0.3 is 0 Å². The summed E-state index contributed by atoms with van der Waals surface area (Å²) in [5, 5.41) is 0.593. The molecular formula is C21H26ClN3O4S. The highest BCUT2D eigenvalue weighted by Gasteiger charge is 2.21. The van der Waals surface area contributed by atoms with E-state index in [4.69, 9.17) is 16.3 Å². The van der Waals surface area contributed by atoms with Crippen LogP contribution in [0, 0.1) is 0 Å². The van der Waals surface area contributed by atoms with Crippen molar-refractivity contribution < 1.29 is 17.9 Å². The molecule has 0 aromatic heterocycles. The summed E-state index contributed by atoms with van der Waals surface area (Å²) < 4.78 is 32.6.